The summed E-state index contributed by atoms with van der Waals surface area (Å²) in [6.07, 6.45) is 3.91. The number of carbonyl (C=O) groups excluding carboxylic acids is 3. The van der Waals surface area contributed by atoms with Gasteiger partial charge in [-0.2, -0.15) is 0 Å². The highest BCUT2D eigenvalue weighted by Gasteiger charge is 2.27. The van der Waals surface area contributed by atoms with Crippen molar-refractivity contribution in [1.82, 2.24) is 25.1 Å². The predicted molar refractivity (Wildman–Crippen MR) is 128 cm³/mol. The molecule has 0 aromatic carbocycles. The van der Waals surface area contributed by atoms with E-state index in [4.69, 9.17) is 4.74 Å². The molecule has 34 heavy (non-hydrogen) atoms. The van der Waals surface area contributed by atoms with Crippen molar-refractivity contribution >= 4 is 29.6 Å². The van der Waals surface area contributed by atoms with Crippen LogP contribution in [0.1, 0.15) is 27.2 Å². The van der Waals surface area contributed by atoms with Gasteiger partial charge in [-0.1, -0.05) is 20.8 Å². The zero-order valence-electron chi connectivity index (χ0n) is 20.1. The minimum atomic E-state index is -0.686. The topological polar surface area (TPSA) is 129 Å². The Morgan fingerprint density at radius 2 is 1.82 bits per heavy atom. The molecular formula is C23H31N7O4. The first kappa shape index (κ1) is 24.9. The third-order valence-electron chi connectivity index (χ3n) is 5.27. The number of likely N-dealkylation sites (tertiary alicyclic amines) is 1. The smallest absolute Gasteiger partial charge is 0.327 e. The van der Waals surface area contributed by atoms with Gasteiger partial charge in [0.2, 0.25) is 5.91 Å². The van der Waals surface area contributed by atoms with Gasteiger partial charge in [-0.15, -0.1) is 0 Å². The number of carbonyl (C=O) groups is 3. The molecule has 0 bridgehead atoms. The van der Waals surface area contributed by atoms with E-state index in [0.29, 0.717) is 36.4 Å². The molecule has 0 aliphatic carbocycles. The van der Waals surface area contributed by atoms with Crippen molar-refractivity contribution in [2.45, 2.75) is 33.2 Å². The minimum Gasteiger partial charge on any atom is -0.456 e. The molecule has 1 fully saturated rings. The minimum absolute atomic E-state index is 0.200. The summed E-state index contributed by atoms with van der Waals surface area (Å²) in [5.74, 6) is 1.13. The fourth-order valence-corrected chi connectivity index (χ4v) is 3.17. The molecule has 3 rings (SSSR count). The van der Waals surface area contributed by atoms with Crippen LogP contribution in [0.3, 0.4) is 0 Å². The Morgan fingerprint density at radius 3 is 2.44 bits per heavy atom. The zero-order valence-corrected chi connectivity index (χ0v) is 20.1. The van der Waals surface area contributed by atoms with E-state index < -0.39 is 17.4 Å². The predicted octanol–water partition coefficient (Wildman–Crippen LogP) is 3.13. The Kier molecular flexibility index (Phi) is 7.67. The van der Waals surface area contributed by atoms with E-state index in [9.17, 15) is 14.4 Å². The number of rotatable bonds is 5. The van der Waals surface area contributed by atoms with Crippen molar-refractivity contribution in [3.63, 3.8) is 0 Å². The van der Waals surface area contributed by atoms with Crippen LogP contribution in [0.2, 0.25) is 0 Å². The summed E-state index contributed by atoms with van der Waals surface area (Å²) in [6.45, 7) is 6.50. The molecule has 0 radical (unpaired) electrons. The fourth-order valence-electron chi connectivity index (χ4n) is 3.17. The molecule has 182 valence electrons. The molecule has 5 amide bonds. The summed E-state index contributed by atoms with van der Waals surface area (Å²) >= 11 is 0. The highest BCUT2D eigenvalue weighted by molar-refractivity contribution is 6.02. The molecule has 11 heteroatoms. The monoisotopic (exact) mass is 469 g/mol. The van der Waals surface area contributed by atoms with E-state index >= 15 is 0 Å². The molecule has 1 aliphatic rings. The molecule has 1 atom stereocenters. The van der Waals surface area contributed by atoms with Gasteiger partial charge in [0.15, 0.2) is 0 Å². The fraction of sp³-hybridized carbons (Fsp3) is 0.435. The van der Waals surface area contributed by atoms with E-state index in [2.05, 4.69) is 30.8 Å². The van der Waals surface area contributed by atoms with E-state index in [1.165, 1.54) is 12.4 Å². The third kappa shape index (κ3) is 6.88. The largest absolute Gasteiger partial charge is 0.456 e. The average molecular weight is 470 g/mol. The standard InChI is InChI=1S/C23H31N7O4/c1-23(2,3)20(31)28-21(32)26-18-7-6-17(13-25-18)34-16-8-10-24-19(12-16)27-22(33)30-11-9-15(14-30)29(4)5/h6-8,10,12-13,15H,9,11,14H2,1-5H3,(H,24,27,33)(H2,25,26,28,31,32)/t15-/m1/s1. The molecule has 2 aromatic heterocycles. The first-order valence-corrected chi connectivity index (χ1v) is 11.0. The summed E-state index contributed by atoms with van der Waals surface area (Å²) in [5.41, 5.74) is -0.686. The lowest BCUT2D eigenvalue weighted by molar-refractivity contribution is -0.127. The summed E-state index contributed by atoms with van der Waals surface area (Å²) in [5, 5.41) is 7.57. The number of hydrogen-bond donors (Lipinski definition) is 3. The second kappa shape index (κ2) is 10.5. The summed E-state index contributed by atoms with van der Waals surface area (Å²) in [6, 6.07) is 5.94. The molecule has 3 heterocycles. The van der Waals surface area contributed by atoms with Crippen molar-refractivity contribution in [3.05, 3.63) is 36.7 Å². The number of likely N-dealkylation sites (N-methyl/N-ethyl adjacent to an activating group) is 1. The zero-order chi connectivity index (χ0) is 24.9. The molecule has 11 nitrogen and oxygen atoms in total. The van der Waals surface area contributed by atoms with Crippen molar-refractivity contribution in [1.29, 1.82) is 0 Å². The van der Waals surface area contributed by atoms with Crippen molar-refractivity contribution in [3.8, 4) is 11.5 Å². The van der Waals surface area contributed by atoms with Gasteiger partial charge in [0.1, 0.15) is 23.1 Å². The Labute approximate surface area is 198 Å². The molecule has 1 saturated heterocycles. The number of amides is 5. The lowest BCUT2D eigenvalue weighted by atomic mass is 9.96. The van der Waals surface area contributed by atoms with Crippen LogP contribution in [0, 0.1) is 5.41 Å². The van der Waals surface area contributed by atoms with Crippen LogP contribution >= 0.6 is 0 Å². The molecule has 0 spiro atoms. The quantitative estimate of drug-likeness (QED) is 0.614. The second-order valence-electron chi connectivity index (χ2n) is 9.30. The van der Waals surface area contributed by atoms with Gasteiger partial charge in [-0.05, 0) is 38.7 Å². The Bertz CT molecular complexity index is 1030. The Balaban J connectivity index is 1.54. The summed E-state index contributed by atoms with van der Waals surface area (Å²) < 4.78 is 5.79. The number of urea groups is 2. The highest BCUT2D eigenvalue weighted by Crippen LogP contribution is 2.24. The second-order valence-corrected chi connectivity index (χ2v) is 9.30. The van der Waals surface area contributed by atoms with Gasteiger partial charge >= 0.3 is 12.1 Å². The van der Waals surface area contributed by atoms with E-state index in [1.807, 2.05) is 14.1 Å². The lowest BCUT2D eigenvalue weighted by Crippen LogP contribution is -2.41. The first-order valence-electron chi connectivity index (χ1n) is 11.0. The van der Waals surface area contributed by atoms with Crippen LogP contribution in [-0.2, 0) is 4.79 Å². The van der Waals surface area contributed by atoms with Crippen molar-refractivity contribution < 1.29 is 19.1 Å². The number of anilines is 2. The average Bonchev–Trinajstić information content (AvgIpc) is 3.26. The van der Waals surface area contributed by atoms with Gasteiger partial charge < -0.3 is 14.5 Å². The number of nitrogens with zero attached hydrogens (tertiary/aromatic N) is 4. The van der Waals surface area contributed by atoms with Crippen LogP contribution in [0.5, 0.6) is 11.5 Å². The molecule has 0 unspecified atom stereocenters. The molecule has 1 aliphatic heterocycles. The van der Waals surface area contributed by atoms with E-state index in [-0.39, 0.29) is 11.8 Å². The molecule has 2 aromatic rings. The maximum Gasteiger partial charge on any atom is 0.327 e. The molecule has 3 N–H and O–H groups in total. The number of imide groups is 1. The van der Waals surface area contributed by atoms with Gasteiger partial charge in [-0.3, -0.25) is 20.7 Å². The first-order chi connectivity index (χ1) is 16.0. The molecular weight excluding hydrogens is 438 g/mol. The van der Waals surface area contributed by atoms with Crippen molar-refractivity contribution in [2.75, 3.05) is 37.8 Å². The Hall–Kier alpha value is -3.73. The highest BCUT2D eigenvalue weighted by atomic mass is 16.5. The number of nitrogens with one attached hydrogen (secondary N) is 3. The normalized spacial score (nSPS) is 15.7. The summed E-state index contributed by atoms with van der Waals surface area (Å²) in [7, 11) is 4.02. The van der Waals surface area contributed by atoms with Crippen LogP contribution < -0.4 is 20.7 Å². The Morgan fingerprint density at radius 1 is 1.06 bits per heavy atom. The van der Waals surface area contributed by atoms with E-state index in [1.54, 1.807) is 49.9 Å². The SMILES string of the molecule is CN(C)[C@@H]1CCN(C(=O)Nc2cc(Oc3ccc(NC(=O)NC(=O)C(C)(C)C)nc3)ccn2)C1. The number of ether oxygens (including phenoxy) is 1. The van der Waals surface area contributed by atoms with Gasteiger partial charge in [0, 0.05) is 36.8 Å². The van der Waals surface area contributed by atoms with Crippen LogP contribution in [0.4, 0.5) is 21.2 Å². The van der Waals surface area contributed by atoms with Gasteiger partial charge in [-0.25, -0.2) is 19.6 Å². The maximum absolute atomic E-state index is 12.5. The van der Waals surface area contributed by atoms with Crippen LogP contribution in [0.15, 0.2) is 36.7 Å². The third-order valence-corrected chi connectivity index (χ3v) is 5.27. The van der Waals surface area contributed by atoms with E-state index in [0.717, 1.165) is 6.42 Å². The molecule has 0 saturated carbocycles. The number of hydrogen-bond acceptors (Lipinski definition) is 7. The van der Waals surface area contributed by atoms with Gasteiger partial charge in [0.05, 0.1) is 6.20 Å². The lowest BCUT2D eigenvalue weighted by Gasteiger charge is -2.20. The van der Waals surface area contributed by atoms with Crippen molar-refractivity contribution in [2.24, 2.45) is 5.41 Å². The summed E-state index contributed by atoms with van der Waals surface area (Å²) in [4.78, 5) is 48.6. The maximum atomic E-state index is 12.5. The number of pyridine rings is 2. The number of aromatic nitrogens is 2. The van der Waals surface area contributed by atoms with Crippen LogP contribution in [-0.4, -0.2) is 71.0 Å². The van der Waals surface area contributed by atoms with Crippen LogP contribution in [0.25, 0.3) is 0 Å². The van der Waals surface area contributed by atoms with Gasteiger partial charge in [0.25, 0.3) is 0 Å².